The number of carbonyl (C=O) groups excluding carboxylic acids is 5. The van der Waals surface area contributed by atoms with E-state index in [-0.39, 0.29) is 30.1 Å². The minimum absolute atomic E-state index is 0.0382. The van der Waals surface area contributed by atoms with Gasteiger partial charge in [0.15, 0.2) is 29.5 Å². The van der Waals surface area contributed by atoms with Gasteiger partial charge in [0.25, 0.3) is 5.56 Å². The first-order chi connectivity index (χ1) is 28.2. The number of aromatic amines is 1. The number of nitrogens with zero attached hydrogens (tertiary/aromatic N) is 3. The van der Waals surface area contributed by atoms with Gasteiger partial charge in [0, 0.05) is 46.6 Å². The van der Waals surface area contributed by atoms with Crippen molar-refractivity contribution in [1.82, 2.24) is 19.5 Å². The van der Waals surface area contributed by atoms with E-state index in [2.05, 4.69) is 15.3 Å². The van der Waals surface area contributed by atoms with Crippen LogP contribution in [0.1, 0.15) is 70.5 Å². The molecule has 2 aromatic heterocycles. The van der Waals surface area contributed by atoms with Crippen molar-refractivity contribution in [3.8, 4) is 0 Å². The van der Waals surface area contributed by atoms with Gasteiger partial charge < -0.3 is 33.7 Å². The lowest BCUT2D eigenvalue weighted by atomic mass is 9.78. The van der Waals surface area contributed by atoms with Gasteiger partial charge in [0.1, 0.15) is 25.0 Å². The Morgan fingerprint density at radius 3 is 2.19 bits per heavy atom. The van der Waals surface area contributed by atoms with Crippen molar-refractivity contribution in [3.63, 3.8) is 0 Å². The Kier molecular flexibility index (Phi) is 10.2. The van der Waals surface area contributed by atoms with Crippen LogP contribution in [0.15, 0.2) is 71.8 Å². The Hall–Kier alpha value is -6.88. The molecule has 1 aliphatic carbocycles. The fraction of sp³-hybridized carbons (Fsp3) is 0.333. The van der Waals surface area contributed by atoms with Gasteiger partial charge in [-0.25, -0.2) is 4.98 Å². The van der Waals surface area contributed by atoms with Crippen LogP contribution in [0.3, 0.4) is 0 Å². The highest BCUT2D eigenvalue weighted by Crippen LogP contribution is 2.47. The first-order valence-corrected chi connectivity index (χ1v) is 18.8. The highest BCUT2D eigenvalue weighted by molar-refractivity contribution is 6.12. The summed E-state index contributed by atoms with van der Waals surface area (Å²) in [6.45, 7) is 5.92. The third kappa shape index (κ3) is 7.51. The summed E-state index contributed by atoms with van der Waals surface area (Å²) in [6, 6.07) is 18.6. The second-order valence-electron chi connectivity index (χ2n) is 14.5. The second kappa shape index (κ2) is 15.5. The van der Waals surface area contributed by atoms with Crippen LogP contribution in [0.2, 0.25) is 0 Å². The number of H-pyrrole nitrogens is 1. The van der Waals surface area contributed by atoms with Gasteiger partial charge in [0.2, 0.25) is 5.95 Å². The molecule has 0 saturated carbocycles. The fourth-order valence-corrected chi connectivity index (χ4v) is 8.19. The second-order valence-corrected chi connectivity index (χ2v) is 14.5. The Labute approximate surface area is 334 Å². The lowest BCUT2D eigenvalue weighted by molar-refractivity contribution is -0.187. The maximum absolute atomic E-state index is 13.7. The fourth-order valence-electron chi connectivity index (χ4n) is 8.19. The van der Waals surface area contributed by atoms with Crippen LogP contribution in [0, 0.1) is 0 Å². The third-order valence-electron chi connectivity index (χ3n) is 10.4. The van der Waals surface area contributed by atoms with Gasteiger partial charge >= 0.3 is 29.8 Å². The third-order valence-corrected chi connectivity index (χ3v) is 10.4. The van der Waals surface area contributed by atoms with Crippen LogP contribution in [0.4, 0.5) is 5.95 Å². The van der Waals surface area contributed by atoms with Crippen LogP contribution < -0.4 is 10.9 Å². The highest BCUT2D eigenvalue weighted by Gasteiger charge is 2.50. The number of imidazole rings is 1. The van der Waals surface area contributed by atoms with Crippen molar-refractivity contribution in [2.24, 2.45) is 0 Å². The van der Waals surface area contributed by atoms with Gasteiger partial charge in [-0.1, -0.05) is 48.5 Å². The molecule has 1 saturated heterocycles. The molecule has 7 atom stereocenters. The van der Waals surface area contributed by atoms with E-state index in [4.69, 9.17) is 33.4 Å². The molecular weight excluding hydrogens is 766 g/mol. The van der Waals surface area contributed by atoms with Crippen molar-refractivity contribution in [3.05, 3.63) is 88.5 Å². The van der Waals surface area contributed by atoms with Gasteiger partial charge in [-0.15, -0.1) is 0 Å². The highest BCUT2D eigenvalue weighted by atomic mass is 16.6. The largest absolute Gasteiger partial charge is 0.463 e. The van der Waals surface area contributed by atoms with Crippen LogP contribution >= 0.6 is 0 Å². The smallest absolute Gasteiger partial charge is 0.303 e. The molecule has 1 aliphatic heterocycles. The Morgan fingerprint density at radius 1 is 0.780 bits per heavy atom. The molecule has 2 aliphatic rings. The van der Waals surface area contributed by atoms with Gasteiger partial charge in [-0.3, -0.25) is 38.3 Å². The van der Waals surface area contributed by atoms with Gasteiger partial charge in [-0.05, 0) is 50.0 Å². The summed E-state index contributed by atoms with van der Waals surface area (Å²) in [7, 11) is 0. The van der Waals surface area contributed by atoms with Gasteiger partial charge in [-0.2, -0.15) is 4.98 Å². The number of ether oxygens (including phenoxy) is 6. The SMILES string of the molecule is CC(=O)OC[C@H]1O[C@@H](n2cnc3c(=O)[nH]c(N[C@@H]4c5c(ccc6cc7ccc8ccccc8c7cc56)[C@H](OC(C)=O)[C@@H](OC(C)=O)[C@H]4OC(C)=O)nc32)C[C@@H]1OC(C)=O. The number of anilines is 1. The van der Waals surface area contributed by atoms with E-state index >= 15 is 0 Å². The van der Waals surface area contributed by atoms with E-state index in [1.807, 2.05) is 54.6 Å². The zero-order valence-electron chi connectivity index (χ0n) is 32.5. The topological polar surface area (TPSA) is 216 Å². The average Bonchev–Trinajstić information content (AvgIpc) is 3.78. The molecule has 0 radical (unpaired) electrons. The van der Waals surface area contributed by atoms with Crippen LogP contribution in [0.25, 0.3) is 43.5 Å². The molecule has 0 bridgehead atoms. The summed E-state index contributed by atoms with van der Waals surface area (Å²) in [5.41, 5.74) is 0.408. The normalized spacial score (nSPS) is 22.5. The number of benzene rings is 4. The molecule has 3 heterocycles. The summed E-state index contributed by atoms with van der Waals surface area (Å²) in [6.07, 6.45) is -4.86. The van der Waals surface area contributed by atoms with E-state index in [0.29, 0.717) is 16.5 Å². The number of hydrogen-bond donors (Lipinski definition) is 2. The van der Waals surface area contributed by atoms with Crippen molar-refractivity contribution >= 4 is 79.3 Å². The Balaban J connectivity index is 1.30. The number of nitrogens with one attached hydrogen (secondary N) is 2. The van der Waals surface area contributed by atoms with E-state index in [0.717, 1.165) is 26.9 Å². The molecule has 6 aromatic rings. The summed E-state index contributed by atoms with van der Waals surface area (Å²) >= 11 is 0. The lowest BCUT2D eigenvalue weighted by Gasteiger charge is -2.42. The van der Waals surface area contributed by atoms with Crippen molar-refractivity contribution in [2.75, 3.05) is 11.9 Å². The summed E-state index contributed by atoms with van der Waals surface area (Å²) in [5.74, 6) is -3.30. The van der Waals surface area contributed by atoms with E-state index in [1.54, 1.807) is 6.07 Å². The number of esters is 5. The minimum atomic E-state index is -1.34. The molecule has 4 aromatic carbocycles. The number of hydrogen-bond acceptors (Lipinski definition) is 15. The summed E-state index contributed by atoms with van der Waals surface area (Å²) < 4.78 is 36.0. The van der Waals surface area contributed by atoms with E-state index in [1.165, 1.54) is 45.5 Å². The van der Waals surface area contributed by atoms with Crippen LogP contribution in [-0.4, -0.2) is 80.4 Å². The minimum Gasteiger partial charge on any atom is -0.463 e. The molecule has 8 rings (SSSR count). The molecular formula is C42H39N5O12. The standard InChI is InChI=1S/C42H39N5O12/c1-19(48)54-17-32-31(55-20(2)49)16-33(59-32)47-18-43-36-40(47)45-42(46-41(36)53)44-35-34-28(37(56-21(3)50)39(58-23(5)52)38(35)57-22(4)51)13-12-26-14-25-11-10-24-8-6-7-9-27(24)29(25)15-30(26)34/h6-15,18,31-33,35,37-39H,16-17H2,1-5H3,(H2,44,45,46,53)/t31-,32+,33+,35+,37-,38-,39+/m0/s1. The molecule has 17 heteroatoms. The molecule has 0 unspecified atom stereocenters. The predicted molar refractivity (Wildman–Crippen MR) is 210 cm³/mol. The lowest BCUT2D eigenvalue weighted by Crippen LogP contribution is -2.50. The number of fused-ring (bicyclic) bond motifs is 7. The average molecular weight is 806 g/mol. The first-order valence-electron chi connectivity index (χ1n) is 18.8. The monoisotopic (exact) mass is 805 g/mol. The number of aromatic nitrogens is 4. The maximum Gasteiger partial charge on any atom is 0.303 e. The Morgan fingerprint density at radius 2 is 1.46 bits per heavy atom. The number of carbonyl (C=O) groups is 5. The molecule has 2 N–H and O–H groups in total. The quantitative estimate of drug-likeness (QED) is 0.0851. The number of rotatable bonds is 9. The van der Waals surface area contributed by atoms with E-state index in [9.17, 15) is 28.8 Å². The van der Waals surface area contributed by atoms with Gasteiger partial charge in [0.05, 0.1) is 12.4 Å². The van der Waals surface area contributed by atoms with E-state index < -0.39 is 78.2 Å². The van der Waals surface area contributed by atoms with Crippen LogP contribution in [-0.2, 0) is 52.4 Å². The van der Waals surface area contributed by atoms with Crippen molar-refractivity contribution in [2.45, 2.75) is 83.8 Å². The zero-order valence-corrected chi connectivity index (χ0v) is 32.5. The first kappa shape index (κ1) is 39.0. The Bertz CT molecular complexity index is 2760. The summed E-state index contributed by atoms with van der Waals surface area (Å²) in [5, 5.41) is 8.66. The molecule has 17 nitrogen and oxygen atoms in total. The maximum atomic E-state index is 13.7. The molecule has 1 fully saturated rings. The van der Waals surface area contributed by atoms with Crippen molar-refractivity contribution < 1.29 is 52.4 Å². The van der Waals surface area contributed by atoms with Crippen LogP contribution in [0.5, 0.6) is 0 Å². The molecule has 0 amide bonds. The predicted octanol–water partition coefficient (Wildman–Crippen LogP) is 5.00. The molecule has 304 valence electrons. The molecule has 0 spiro atoms. The molecule has 59 heavy (non-hydrogen) atoms. The zero-order chi connectivity index (χ0) is 41.7. The van der Waals surface area contributed by atoms with Crippen molar-refractivity contribution in [1.29, 1.82) is 0 Å². The summed E-state index contributed by atoms with van der Waals surface area (Å²) in [4.78, 5) is 87.3.